The standard InChI is InChI=1S/C27H34O4/c1-9-16-29-22-13-10-20(11-14-22)24(28)15-12-21-17-23(30-26(3,4)5)18-25(19(21)2)31-27(6,7)8/h9-15,17-18H,1,16H2,2-8H3/b15-12+. The van der Waals surface area contributed by atoms with Crippen LogP contribution in [0.1, 0.15) is 63.0 Å². The van der Waals surface area contributed by atoms with E-state index in [-0.39, 0.29) is 17.0 Å². The largest absolute Gasteiger partial charge is 0.490 e. The van der Waals surface area contributed by atoms with Gasteiger partial charge in [0.15, 0.2) is 5.78 Å². The highest BCUT2D eigenvalue weighted by atomic mass is 16.5. The monoisotopic (exact) mass is 422 g/mol. The van der Waals surface area contributed by atoms with Crippen molar-refractivity contribution in [3.05, 3.63) is 71.8 Å². The summed E-state index contributed by atoms with van der Waals surface area (Å²) in [5, 5.41) is 0. The summed E-state index contributed by atoms with van der Waals surface area (Å²) in [4.78, 5) is 12.7. The molecular weight excluding hydrogens is 388 g/mol. The molecule has 0 amide bonds. The number of carbonyl (C=O) groups is 1. The van der Waals surface area contributed by atoms with Crippen molar-refractivity contribution in [2.24, 2.45) is 0 Å². The minimum atomic E-state index is -0.350. The van der Waals surface area contributed by atoms with Crippen LogP contribution >= 0.6 is 0 Å². The molecule has 2 aromatic rings. The smallest absolute Gasteiger partial charge is 0.185 e. The van der Waals surface area contributed by atoms with E-state index in [1.807, 2.05) is 66.7 Å². The summed E-state index contributed by atoms with van der Waals surface area (Å²) >= 11 is 0. The Labute approximate surface area is 186 Å². The topological polar surface area (TPSA) is 44.8 Å². The molecule has 0 bridgehead atoms. The van der Waals surface area contributed by atoms with Crippen LogP contribution in [0.2, 0.25) is 0 Å². The Hall–Kier alpha value is -3.01. The van der Waals surface area contributed by atoms with Crippen LogP contribution in [0.5, 0.6) is 17.2 Å². The maximum absolute atomic E-state index is 12.7. The van der Waals surface area contributed by atoms with Gasteiger partial charge < -0.3 is 14.2 Å². The summed E-state index contributed by atoms with van der Waals surface area (Å²) in [7, 11) is 0. The summed E-state index contributed by atoms with van der Waals surface area (Å²) in [6, 6.07) is 10.9. The fraction of sp³-hybridized carbons (Fsp3) is 0.370. The molecule has 0 fully saturated rings. The van der Waals surface area contributed by atoms with Crippen molar-refractivity contribution < 1.29 is 19.0 Å². The molecule has 4 nitrogen and oxygen atoms in total. The zero-order valence-corrected chi connectivity index (χ0v) is 19.7. The fourth-order valence-corrected chi connectivity index (χ4v) is 2.84. The Kier molecular flexibility index (Phi) is 7.72. The predicted molar refractivity (Wildman–Crippen MR) is 127 cm³/mol. The third kappa shape index (κ3) is 7.97. The van der Waals surface area contributed by atoms with E-state index in [1.54, 1.807) is 36.4 Å². The van der Waals surface area contributed by atoms with Crippen molar-refractivity contribution in [3.8, 4) is 17.2 Å². The van der Waals surface area contributed by atoms with Crippen LogP contribution in [-0.2, 0) is 0 Å². The van der Waals surface area contributed by atoms with E-state index in [9.17, 15) is 4.79 Å². The molecule has 0 radical (unpaired) electrons. The first-order valence-electron chi connectivity index (χ1n) is 10.5. The Bertz CT molecular complexity index is 939. The Morgan fingerprint density at radius 3 is 2.10 bits per heavy atom. The average molecular weight is 423 g/mol. The van der Waals surface area contributed by atoms with E-state index < -0.39 is 0 Å². The number of allylic oxidation sites excluding steroid dienone is 1. The van der Waals surface area contributed by atoms with Gasteiger partial charge in [-0.1, -0.05) is 18.7 Å². The number of ketones is 1. The molecule has 0 heterocycles. The first-order chi connectivity index (χ1) is 14.4. The zero-order valence-electron chi connectivity index (χ0n) is 19.7. The highest BCUT2D eigenvalue weighted by Crippen LogP contribution is 2.33. The lowest BCUT2D eigenvalue weighted by atomic mass is 10.0. The minimum absolute atomic E-state index is 0.0879. The zero-order chi connectivity index (χ0) is 23.2. The SMILES string of the molecule is C=CCOc1ccc(C(=O)/C=C/c2cc(OC(C)(C)C)cc(OC(C)(C)C)c2C)cc1. The van der Waals surface area contributed by atoms with Crippen molar-refractivity contribution in [1.29, 1.82) is 0 Å². The second-order valence-electron chi connectivity index (χ2n) is 9.39. The molecular formula is C27H34O4. The number of benzene rings is 2. The third-order valence-corrected chi connectivity index (χ3v) is 4.13. The molecule has 2 aromatic carbocycles. The van der Waals surface area contributed by atoms with Crippen LogP contribution < -0.4 is 14.2 Å². The maximum Gasteiger partial charge on any atom is 0.185 e. The molecule has 0 atom stereocenters. The molecule has 0 aromatic heterocycles. The normalized spacial score (nSPS) is 12.0. The van der Waals surface area contributed by atoms with E-state index in [2.05, 4.69) is 6.58 Å². The van der Waals surface area contributed by atoms with Gasteiger partial charge in [0.2, 0.25) is 0 Å². The molecule has 0 saturated carbocycles. The fourth-order valence-electron chi connectivity index (χ4n) is 2.84. The summed E-state index contributed by atoms with van der Waals surface area (Å²) in [5.74, 6) is 2.06. The molecule has 0 unspecified atom stereocenters. The number of rotatable bonds is 8. The van der Waals surface area contributed by atoms with Crippen LogP contribution in [0.25, 0.3) is 6.08 Å². The molecule has 4 heteroatoms. The lowest BCUT2D eigenvalue weighted by Gasteiger charge is -2.26. The average Bonchev–Trinajstić information content (AvgIpc) is 2.65. The molecule has 0 aliphatic carbocycles. The number of hydrogen-bond donors (Lipinski definition) is 0. The summed E-state index contributed by atoms with van der Waals surface area (Å²) in [6.45, 7) is 18.1. The molecule has 2 rings (SSSR count). The van der Waals surface area contributed by atoms with Crippen LogP contribution in [0, 0.1) is 6.92 Å². The Morgan fingerprint density at radius 2 is 1.55 bits per heavy atom. The first-order valence-corrected chi connectivity index (χ1v) is 10.5. The van der Waals surface area contributed by atoms with Crippen LogP contribution in [0.15, 0.2) is 55.1 Å². The summed E-state index contributed by atoms with van der Waals surface area (Å²) < 4.78 is 17.7. The van der Waals surface area contributed by atoms with Crippen LogP contribution in [0.4, 0.5) is 0 Å². The van der Waals surface area contributed by atoms with Crippen molar-refractivity contribution in [2.75, 3.05) is 6.61 Å². The van der Waals surface area contributed by atoms with E-state index in [4.69, 9.17) is 14.2 Å². The van der Waals surface area contributed by atoms with Gasteiger partial charge in [-0.2, -0.15) is 0 Å². The van der Waals surface area contributed by atoms with Gasteiger partial charge in [-0.3, -0.25) is 4.79 Å². The second kappa shape index (κ2) is 9.86. The van der Waals surface area contributed by atoms with Gasteiger partial charge in [-0.25, -0.2) is 0 Å². The summed E-state index contributed by atoms with van der Waals surface area (Å²) in [5.41, 5.74) is 1.72. The summed E-state index contributed by atoms with van der Waals surface area (Å²) in [6.07, 6.45) is 5.06. The molecule has 0 N–H and O–H groups in total. The van der Waals surface area contributed by atoms with Crippen molar-refractivity contribution >= 4 is 11.9 Å². The first kappa shape index (κ1) is 24.3. The molecule has 31 heavy (non-hydrogen) atoms. The van der Waals surface area contributed by atoms with Gasteiger partial charge >= 0.3 is 0 Å². The predicted octanol–water partition coefficient (Wildman–Crippen LogP) is 6.81. The number of carbonyl (C=O) groups excluding carboxylic acids is 1. The Morgan fingerprint density at radius 1 is 0.935 bits per heavy atom. The van der Waals surface area contributed by atoms with Crippen molar-refractivity contribution in [1.82, 2.24) is 0 Å². The van der Waals surface area contributed by atoms with Crippen molar-refractivity contribution in [2.45, 2.75) is 59.7 Å². The van der Waals surface area contributed by atoms with E-state index >= 15 is 0 Å². The van der Waals surface area contributed by atoms with Gasteiger partial charge in [0.1, 0.15) is 35.1 Å². The van der Waals surface area contributed by atoms with Gasteiger partial charge in [-0.05, 0) is 96.0 Å². The number of hydrogen-bond acceptors (Lipinski definition) is 4. The Balaban J connectivity index is 2.31. The quantitative estimate of drug-likeness (QED) is 0.266. The molecule has 166 valence electrons. The van der Waals surface area contributed by atoms with E-state index in [0.717, 1.165) is 16.9 Å². The van der Waals surface area contributed by atoms with E-state index in [0.29, 0.717) is 23.7 Å². The van der Waals surface area contributed by atoms with E-state index in [1.165, 1.54) is 0 Å². The maximum atomic E-state index is 12.7. The highest BCUT2D eigenvalue weighted by molar-refractivity contribution is 6.07. The third-order valence-electron chi connectivity index (χ3n) is 4.13. The lowest BCUT2D eigenvalue weighted by molar-refractivity contribution is 0.104. The van der Waals surface area contributed by atoms with Gasteiger partial charge in [0.25, 0.3) is 0 Å². The number of ether oxygens (including phenoxy) is 3. The molecule has 0 aliphatic heterocycles. The minimum Gasteiger partial charge on any atom is -0.490 e. The lowest BCUT2D eigenvalue weighted by Crippen LogP contribution is -2.25. The van der Waals surface area contributed by atoms with Gasteiger partial charge in [0, 0.05) is 11.6 Å². The molecule has 0 saturated heterocycles. The second-order valence-corrected chi connectivity index (χ2v) is 9.39. The van der Waals surface area contributed by atoms with Gasteiger partial charge in [-0.15, -0.1) is 0 Å². The molecule has 0 aliphatic rings. The van der Waals surface area contributed by atoms with Gasteiger partial charge in [0.05, 0.1) is 0 Å². The van der Waals surface area contributed by atoms with Crippen LogP contribution in [-0.4, -0.2) is 23.6 Å². The van der Waals surface area contributed by atoms with Crippen molar-refractivity contribution in [3.63, 3.8) is 0 Å². The highest BCUT2D eigenvalue weighted by Gasteiger charge is 2.19. The molecule has 0 spiro atoms. The van der Waals surface area contributed by atoms with Crippen LogP contribution in [0.3, 0.4) is 0 Å².